The molecule has 23 heavy (non-hydrogen) atoms. The van der Waals surface area contributed by atoms with Gasteiger partial charge in [0.2, 0.25) is 0 Å². The van der Waals surface area contributed by atoms with Crippen LogP contribution in [0.3, 0.4) is 0 Å². The van der Waals surface area contributed by atoms with Crippen molar-refractivity contribution >= 4 is 17.4 Å². The molecule has 2 aromatic carbocycles. The van der Waals surface area contributed by atoms with Crippen molar-refractivity contribution in [3.63, 3.8) is 0 Å². The number of carbonyl (C=O) groups is 2. The highest BCUT2D eigenvalue weighted by Crippen LogP contribution is 2.10. The van der Waals surface area contributed by atoms with E-state index in [2.05, 4.69) is 5.32 Å². The lowest BCUT2D eigenvalue weighted by Gasteiger charge is -2.11. The van der Waals surface area contributed by atoms with Gasteiger partial charge in [-0.15, -0.1) is 0 Å². The summed E-state index contributed by atoms with van der Waals surface area (Å²) < 4.78 is 12.8. The molecule has 0 radical (unpaired) electrons. The van der Waals surface area contributed by atoms with E-state index in [9.17, 15) is 14.0 Å². The van der Waals surface area contributed by atoms with Gasteiger partial charge in [-0.25, -0.2) is 4.39 Å². The highest BCUT2D eigenvalue weighted by atomic mass is 19.1. The second kappa shape index (κ2) is 7.65. The zero-order chi connectivity index (χ0) is 16.8. The second-order valence-corrected chi connectivity index (χ2v) is 5.48. The molecule has 0 aliphatic carbocycles. The number of anilines is 1. The number of hydrogen-bond acceptors (Lipinski definition) is 2. The third kappa shape index (κ3) is 5.00. The predicted octanol–water partition coefficient (Wildman–Crippen LogP) is 2.12. The average Bonchev–Trinajstić information content (AvgIpc) is 2.54. The number of halogens is 1. The molecule has 4 nitrogen and oxygen atoms in total. The molecule has 0 fully saturated rings. The maximum absolute atomic E-state index is 12.8. The van der Waals surface area contributed by atoms with Crippen molar-refractivity contribution in [1.29, 1.82) is 0 Å². The summed E-state index contributed by atoms with van der Waals surface area (Å²) >= 11 is 0. The highest BCUT2D eigenvalue weighted by molar-refractivity contribution is 5.96. The third-order valence-electron chi connectivity index (χ3n) is 3.59. The molecule has 0 aliphatic rings. The summed E-state index contributed by atoms with van der Waals surface area (Å²) in [4.78, 5) is 23.3. The molecule has 1 atom stereocenters. The first-order valence-electron chi connectivity index (χ1n) is 7.45. The first-order chi connectivity index (χ1) is 11.0. The Balaban J connectivity index is 1.86. The lowest BCUT2D eigenvalue weighted by atomic mass is 10.1. The van der Waals surface area contributed by atoms with Crippen LogP contribution in [0.2, 0.25) is 0 Å². The average molecular weight is 315 g/mol. The van der Waals surface area contributed by atoms with Gasteiger partial charge in [-0.1, -0.05) is 12.1 Å². The molecule has 0 bridgehead atoms. The second-order valence-electron chi connectivity index (χ2n) is 5.48. The topological polar surface area (TPSA) is 62.8 Å². The zero-order valence-electron chi connectivity index (χ0n) is 13.2. The van der Waals surface area contributed by atoms with Gasteiger partial charge in [-0.3, -0.25) is 9.59 Å². The molecule has 120 valence electrons. The molecule has 0 aromatic heterocycles. The van der Waals surface area contributed by atoms with Crippen LogP contribution in [0.15, 0.2) is 48.5 Å². The van der Waals surface area contributed by atoms with Crippen molar-refractivity contribution in [2.45, 2.75) is 26.4 Å². The van der Waals surface area contributed by atoms with Crippen molar-refractivity contribution < 1.29 is 19.3 Å². The fourth-order valence-electron chi connectivity index (χ4n) is 2.08. The van der Waals surface area contributed by atoms with E-state index in [-0.39, 0.29) is 23.5 Å². The fraction of sp³-hybridized carbons (Fsp3) is 0.222. The minimum absolute atomic E-state index is 0.0103. The normalized spacial score (nSPS) is 11.8. The van der Waals surface area contributed by atoms with Crippen LogP contribution in [0, 0.1) is 5.82 Å². The number of quaternary nitrogens is 1. The highest BCUT2D eigenvalue weighted by Gasteiger charge is 2.16. The third-order valence-corrected chi connectivity index (χ3v) is 3.59. The molecule has 1 amide bonds. The number of carbonyl (C=O) groups excluding carboxylic acids is 2. The Hall–Kier alpha value is -2.53. The molecule has 2 rings (SSSR count). The molecular formula is C18H20FN2O2+. The summed E-state index contributed by atoms with van der Waals surface area (Å²) in [6, 6.07) is 12.7. The maximum atomic E-state index is 12.8. The molecule has 0 saturated carbocycles. The van der Waals surface area contributed by atoms with Crippen molar-refractivity contribution in [2.75, 3.05) is 5.32 Å². The van der Waals surface area contributed by atoms with E-state index in [0.29, 0.717) is 17.8 Å². The van der Waals surface area contributed by atoms with E-state index in [1.54, 1.807) is 36.4 Å². The zero-order valence-corrected chi connectivity index (χ0v) is 13.2. The van der Waals surface area contributed by atoms with Crippen molar-refractivity contribution in [3.8, 4) is 0 Å². The maximum Gasteiger partial charge on any atom is 0.282 e. The van der Waals surface area contributed by atoms with E-state index in [4.69, 9.17) is 0 Å². The number of ketones is 1. The predicted molar refractivity (Wildman–Crippen MR) is 86.6 cm³/mol. The first kappa shape index (κ1) is 16.8. The molecule has 0 unspecified atom stereocenters. The lowest BCUT2D eigenvalue weighted by molar-refractivity contribution is -0.688. The van der Waals surface area contributed by atoms with Gasteiger partial charge >= 0.3 is 0 Å². The van der Waals surface area contributed by atoms with Crippen LogP contribution in [-0.4, -0.2) is 17.7 Å². The smallest absolute Gasteiger partial charge is 0.282 e. The van der Waals surface area contributed by atoms with Gasteiger partial charge in [-0.2, -0.15) is 0 Å². The molecule has 0 heterocycles. The molecule has 0 aliphatic heterocycles. The fourth-order valence-corrected chi connectivity index (χ4v) is 2.08. The Labute approximate surface area is 134 Å². The van der Waals surface area contributed by atoms with Crippen LogP contribution >= 0.6 is 0 Å². The molecule has 2 aromatic rings. The van der Waals surface area contributed by atoms with Crippen molar-refractivity contribution in [2.24, 2.45) is 0 Å². The van der Waals surface area contributed by atoms with E-state index in [1.807, 2.05) is 12.2 Å². The van der Waals surface area contributed by atoms with Crippen LogP contribution in [-0.2, 0) is 11.3 Å². The number of hydrogen-bond donors (Lipinski definition) is 2. The van der Waals surface area contributed by atoms with Crippen LogP contribution in [0.25, 0.3) is 0 Å². The minimum Gasteiger partial charge on any atom is -0.333 e. The monoisotopic (exact) mass is 315 g/mol. The molecular weight excluding hydrogens is 295 g/mol. The Morgan fingerprint density at radius 3 is 2.26 bits per heavy atom. The van der Waals surface area contributed by atoms with Crippen LogP contribution < -0.4 is 10.6 Å². The van der Waals surface area contributed by atoms with Crippen LogP contribution in [0.1, 0.15) is 29.8 Å². The van der Waals surface area contributed by atoms with Gasteiger partial charge in [0, 0.05) is 16.8 Å². The molecule has 0 saturated heterocycles. The largest absolute Gasteiger partial charge is 0.333 e. The number of rotatable bonds is 6. The Kier molecular flexibility index (Phi) is 5.60. The van der Waals surface area contributed by atoms with Gasteiger partial charge in [0.15, 0.2) is 11.8 Å². The summed E-state index contributed by atoms with van der Waals surface area (Å²) in [7, 11) is 0. The van der Waals surface area contributed by atoms with Crippen LogP contribution in [0.4, 0.5) is 10.1 Å². The van der Waals surface area contributed by atoms with Gasteiger partial charge in [-0.05, 0) is 50.2 Å². The lowest BCUT2D eigenvalue weighted by Crippen LogP contribution is -2.90. The standard InChI is InChI=1S/C18H19FN2O2/c1-12(20-11-14-3-7-16(19)8-4-14)18(23)21-17-9-5-15(6-10-17)13(2)22/h3-10,12,20H,11H2,1-2H3,(H,21,23)/p+1/t12-/m0/s1. The number of amides is 1. The van der Waals surface area contributed by atoms with Gasteiger partial charge in [0.25, 0.3) is 5.91 Å². The van der Waals surface area contributed by atoms with E-state index >= 15 is 0 Å². The van der Waals surface area contributed by atoms with Gasteiger partial charge < -0.3 is 10.6 Å². The number of Topliss-reactive ketones (excluding diaryl/α,β-unsaturated/α-hetero) is 1. The van der Waals surface area contributed by atoms with Crippen molar-refractivity contribution in [3.05, 3.63) is 65.5 Å². The Bertz CT molecular complexity index is 681. The summed E-state index contributed by atoms with van der Waals surface area (Å²) in [5.41, 5.74) is 2.22. The Morgan fingerprint density at radius 2 is 1.70 bits per heavy atom. The van der Waals surface area contributed by atoms with Crippen molar-refractivity contribution in [1.82, 2.24) is 0 Å². The summed E-state index contributed by atoms with van der Waals surface area (Å²) in [6.07, 6.45) is 0. The van der Waals surface area contributed by atoms with E-state index in [0.717, 1.165) is 5.56 Å². The summed E-state index contributed by atoms with van der Waals surface area (Å²) in [5, 5.41) is 4.69. The minimum atomic E-state index is -0.285. The summed E-state index contributed by atoms with van der Waals surface area (Å²) in [5.74, 6) is -0.403. The SMILES string of the molecule is CC(=O)c1ccc(NC(=O)[C@H](C)[NH2+]Cc2ccc(F)cc2)cc1. The number of benzene rings is 2. The summed E-state index contributed by atoms with van der Waals surface area (Å²) in [6.45, 7) is 3.90. The van der Waals surface area contributed by atoms with Gasteiger partial charge in [0.05, 0.1) is 0 Å². The molecule has 5 heteroatoms. The van der Waals surface area contributed by atoms with Crippen LogP contribution in [0.5, 0.6) is 0 Å². The molecule has 3 N–H and O–H groups in total. The number of nitrogens with one attached hydrogen (secondary N) is 1. The quantitative estimate of drug-likeness (QED) is 0.802. The van der Waals surface area contributed by atoms with E-state index < -0.39 is 0 Å². The number of nitrogens with two attached hydrogens (primary N) is 1. The van der Waals surface area contributed by atoms with Gasteiger partial charge in [0.1, 0.15) is 12.4 Å². The Morgan fingerprint density at radius 1 is 1.09 bits per heavy atom. The molecule has 0 spiro atoms. The van der Waals surface area contributed by atoms with E-state index in [1.165, 1.54) is 19.1 Å². The first-order valence-corrected chi connectivity index (χ1v) is 7.45.